The van der Waals surface area contributed by atoms with E-state index in [1.165, 1.54) is 16.7 Å². The molecule has 0 fully saturated rings. The molecule has 0 spiro atoms. The molecule has 0 aliphatic carbocycles. The second kappa shape index (κ2) is 5.14. The lowest BCUT2D eigenvalue weighted by molar-refractivity contribution is 0.686. The van der Waals surface area contributed by atoms with Crippen molar-refractivity contribution in [3.8, 4) is 0 Å². The van der Waals surface area contributed by atoms with Gasteiger partial charge in [0.05, 0.1) is 12.7 Å². The predicted molar refractivity (Wildman–Crippen MR) is 76.0 cm³/mol. The predicted octanol–water partition coefficient (Wildman–Crippen LogP) is 3.09. The number of hydrogen-bond donors (Lipinski definition) is 0. The molecule has 96 valence electrons. The van der Waals surface area contributed by atoms with Gasteiger partial charge in [0.2, 0.25) is 0 Å². The minimum absolute atomic E-state index is 0.831. The van der Waals surface area contributed by atoms with Crippen molar-refractivity contribution in [1.82, 2.24) is 14.3 Å². The first-order chi connectivity index (χ1) is 9.29. The fraction of sp³-hybridized carbons (Fsp3) is 0.188. The highest BCUT2D eigenvalue weighted by molar-refractivity contribution is 5.23. The van der Waals surface area contributed by atoms with Crippen LogP contribution in [0.15, 0.2) is 61.2 Å². The van der Waals surface area contributed by atoms with Crippen LogP contribution in [0.25, 0.3) is 0 Å². The van der Waals surface area contributed by atoms with Crippen LogP contribution in [-0.2, 0) is 13.1 Å². The Balaban J connectivity index is 1.68. The van der Waals surface area contributed by atoms with Crippen LogP contribution in [0.4, 0.5) is 0 Å². The zero-order valence-corrected chi connectivity index (χ0v) is 11.0. The van der Waals surface area contributed by atoms with Gasteiger partial charge in [-0.1, -0.05) is 24.3 Å². The quantitative estimate of drug-likeness (QED) is 0.698. The van der Waals surface area contributed by atoms with E-state index in [0.29, 0.717) is 0 Å². The van der Waals surface area contributed by atoms with Gasteiger partial charge in [-0.15, -0.1) is 0 Å². The van der Waals surface area contributed by atoms with Gasteiger partial charge in [0.25, 0.3) is 0 Å². The molecule has 0 saturated carbocycles. The van der Waals surface area contributed by atoms with Crippen molar-refractivity contribution in [3.63, 3.8) is 0 Å². The standard InChI is InChI=1S/C16H17N3/c1-14-10-17-19(11-14)13-16-6-4-15(5-7-16)12-18-8-2-3-9-18/h2-11H,12-13H2,1H3. The van der Waals surface area contributed by atoms with Gasteiger partial charge in [0, 0.05) is 25.1 Å². The van der Waals surface area contributed by atoms with Crippen molar-refractivity contribution in [2.75, 3.05) is 0 Å². The Morgan fingerprint density at radius 2 is 1.58 bits per heavy atom. The number of hydrogen-bond acceptors (Lipinski definition) is 1. The Kier molecular flexibility index (Phi) is 3.19. The Morgan fingerprint density at radius 1 is 0.947 bits per heavy atom. The van der Waals surface area contributed by atoms with Gasteiger partial charge >= 0.3 is 0 Å². The molecule has 0 atom stereocenters. The van der Waals surface area contributed by atoms with Crippen LogP contribution in [0.3, 0.4) is 0 Å². The smallest absolute Gasteiger partial charge is 0.0659 e. The highest BCUT2D eigenvalue weighted by Crippen LogP contribution is 2.08. The zero-order valence-electron chi connectivity index (χ0n) is 11.0. The molecule has 0 radical (unpaired) electrons. The van der Waals surface area contributed by atoms with Gasteiger partial charge in [-0.3, -0.25) is 4.68 Å². The fourth-order valence-electron chi connectivity index (χ4n) is 2.18. The van der Waals surface area contributed by atoms with Crippen molar-refractivity contribution < 1.29 is 0 Å². The first-order valence-electron chi connectivity index (χ1n) is 6.47. The Hall–Kier alpha value is -2.29. The maximum Gasteiger partial charge on any atom is 0.0659 e. The highest BCUT2D eigenvalue weighted by Gasteiger charge is 1.98. The van der Waals surface area contributed by atoms with E-state index in [9.17, 15) is 0 Å². The average molecular weight is 251 g/mol. The molecule has 0 aliphatic rings. The molecule has 3 nitrogen and oxygen atoms in total. The normalized spacial score (nSPS) is 10.8. The van der Waals surface area contributed by atoms with Crippen LogP contribution in [0.1, 0.15) is 16.7 Å². The zero-order chi connectivity index (χ0) is 13.1. The van der Waals surface area contributed by atoms with Crippen molar-refractivity contribution >= 4 is 0 Å². The molecule has 3 rings (SSSR count). The van der Waals surface area contributed by atoms with E-state index >= 15 is 0 Å². The van der Waals surface area contributed by atoms with E-state index < -0.39 is 0 Å². The van der Waals surface area contributed by atoms with Gasteiger partial charge < -0.3 is 4.57 Å². The summed E-state index contributed by atoms with van der Waals surface area (Å²) in [6.07, 6.45) is 8.12. The summed E-state index contributed by atoms with van der Waals surface area (Å²) in [6, 6.07) is 12.8. The number of nitrogens with zero attached hydrogens (tertiary/aromatic N) is 3. The lowest BCUT2D eigenvalue weighted by atomic mass is 10.1. The van der Waals surface area contributed by atoms with Crippen LogP contribution in [-0.4, -0.2) is 14.3 Å². The maximum absolute atomic E-state index is 4.31. The summed E-state index contributed by atoms with van der Waals surface area (Å²) in [4.78, 5) is 0. The summed E-state index contributed by atoms with van der Waals surface area (Å²) in [5.74, 6) is 0. The van der Waals surface area contributed by atoms with E-state index in [4.69, 9.17) is 0 Å². The second-order valence-electron chi connectivity index (χ2n) is 4.89. The van der Waals surface area contributed by atoms with Gasteiger partial charge in [-0.25, -0.2) is 0 Å². The van der Waals surface area contributed by atoms with Crippen molar-refractivity contribution in [1.29, 1.82) is 0 Å². The minimum atomic E-state index is 0.831. The molecule has 0 N–H and O–H groups in total. The number of benzene rings is 1. The SMILES string of the molecule is Cc1cnn(Cc2ccc(Cn3cccc3)cc2)c1. The Morgan fingerprint density at radius 3 is 2.16 bits per heavy atom. The van der Waals surface area contributed by atoms with Crippen LogP contribution >= 0.6 is 0 Å². The first kappa shape index (κ1) is 11.8. The largest absolute Gasteiger partial charge is 0.350 e. The first-order valence-corrected chi connectivity index (χ1v) is 6.47. The Labute approximate surface area is 113 Å². The van der Waals surface area contributed by atoms with E-state index in [1.54, 1.807) is 0 Å². The fourth-order valence-corrected chi connectivity index (χ4v) is 2.18. The molecular weight excluding hydrogens is 234 g/mol. The molecule has 1 aromatic carbocycles. The second-order valence-corrected chi connectivity index (χ2v) is 4.89. The molecule has 2 heterocycles. The molecule has 3 aromatic rings. The molecule has 0 bridgehead atoms. The molecule has 3 heteroatoms. The van der Waals surface area contributed by atoms with Crippen molar-refractivity contribution in [2.24, 2.45) is 0 Å². The third-order valence-corrected chi connectivity index (χ3v) is 3.16. The van der Waals surface area contributed by atoms with Crippen molar-refractivity contribution in [3.05, 3.63) is 77.9 Å². The topological polar surface area (TPSA) is 22.8 Å². The lowest BCUT2D eigenvalue weighted by Gasteiger charge is -2.06. The lowest BCUT2D eigenvalue weighted by Crippen LogP contribution is -2.01. The summed E-state index contributed by atoms with van der Waals surface area (Å²) in [5.41, 5.74) is 3.79. The van der Waals surface area contributed by atoms with Gasteiger partial charge in [-0.2, -0.15) is 5.10 Å². The number of aryl methyl sites for hydroxylation is 1. The summed E-state index contributed by atoms with van der Waals surface area (Å²) in [5, 5.41) is 4.31. The number of rotatable bonds is 4. The van der Waals surface area contributed by atoms with Crippen LogP contribution < -0.4 is 0 Å². The van der Waals surface area contributed by atoms with Gasteiger partial charge in [0.15, 0.2) is 0 Å². The monoisotopic (exact) mass is 251 g/mol. The van der Waals surface area contributed by atoms with Gasteiger partial charge in [0.1, 0.15) is 0 Å². The average Bonchev–Trinajstić information content (AvgIpc) is 3.04. The molecule has 0 aliphatic heterocycles. The molecule has 0 amide bonds. The Bertz CT molecular complexity index is 633. The minimum Gasteiger partial charge on any atom is -0.350 e. The van der Waals surface area contributed by atoms with Crippen molar-refractivity contribution in [2.45, 2.75) is 20.0 Å². The summed E-state index contributed by atoms with van der Waals surface area (Å²) < 4.78 is 4.14. The van der Waals surface area contributed by atoms with Gasteiger partial charge in [-0.05, 0) is 35.7 Å². The molecule has 0 saturated heterocycles. The van der Waals surface area contributed by atoms with E-state index in [-0.39, 0.29) is 0 Å². The highest BCUT2D eigenvalue weighted by atomic mass is 15.3. The van der Waals surface area contributed by atoms with E-state index in [1.807, 2.05) is 10.9 Å². The molecule has 2 aromatic heterocycles. The van der Waals surface area contributed by atoms with E-state index in [2.05, 4.69) is 71.6 Å². The maximum atomic E-state index is 4.31. The molecule has 0 unspecified atom stereocenters. The molecule has 19 heavy (non-hydrogen) atoms. The van der Waals surface area contributed by atoms with Crippen LogP contribution in [0, 0.1) is 6.92 Å². The summed E-state index contributed by atoms with van der Waals surface area (Å²) in [6.45, 7) is 3.81. The molecular formula is C16H17N3. The van der Waals surface area contributed by atoms with E-state index in [0.717, 1.165) is 13.1 Å². The summed E-state index contributed by atoms with van der Waals surface area (Å²) >= 11 is 0. The number of aromatic nitrogens is 3. The summed E-state index contributed by atoms with van der Waals surface area (Å²) in [7, 11) is 0. The third-order valence-electron chi connectivity index (χ3n) is 3.16. The van der Waals surface area contributed by atoms with Crippen LogP contribution in [0.2, 0.25) is 0 Å². The third kappa shape index (κ3) is 2.94. The van der Waals surface area contributed by atoms with Crippen LogP contribution in [0.5, 0.6) is 0 Å².